The molecular formula is C15H10F2O3S. The maximum absolute atomic E-state index is 13.7. The average Bonchev–Trinajstić information content (AvgIpc) is 2.71. The van der Waals surface area contributed by atoms with Crippen molar-refractivity contribution in [3.63, 3.8) is 0 Å². The summed E-state index contributed by atoms with van der Waals surface area (Å²) in [5, 5.41) is 1.00. The second-order valence-corrected chi connectivity index (χ2v) is 6.28. The third-order valence-electron chi connectivity index (χ3n) is 3.10. The molecule has 2 aromatic rings. The van der Waals surface area contributed by atoms with E-state index in [1.807, 2.05) is 0 Å². The molecule has 3 rings (SSSR count). The number of sulfone groups is 1. The van der Waals surface area contributed by atoms with Crippen LogP contribution < -0.4 is 4.74 Å². The van der Waals surface area contributed by atoms with Crippen molar-refractivity contribution in [1.29, 1.82) is 0 Å². The maximum Gasteiger partial charge on any atom is 0.203 e. The Morgan fingerprint density at radius 3 is 2.43 bits per heavy atom. The topological polar surface area (TPSA) is 43.4 Å². The van der Waals surface area contributed by atoms with Crippen molar-refractivity contribution >= 4 is 15.4 Å². The van der Waals surface area contributed by atoms with Gasteiger partial charge in [0, 0.05) is 16.5 Å². The highest BCUT2D eigenvalue weighted by molar-refractivity contribution is 7.95. The van der Waals surface area contributed by atoms with Crippen LogP contribution in [0.25, 0.3) is 5.57 Å². The van der Waals surface area contributed by atoms with Crippen LogP contribution in [0.2, 0.25) is 0 Å². The lowest BCUT2D eigenvalue weighted by Gasteiger charge is -2.08. The molecule has 0 spiro atoms. The second-order valence-electron chi connectivity index (χ2n) is 4.55. The average molecular weight is 308 g/mol. The number of rotatable bonds is 3. The fourth-order valence-corrected chi connectivity index (χ4v) is 3.70. The number of hydrogen-bond donors (Lipinski definition) is 0. The summed E-state index contributed by atoms with van der Waals surface area (Å²) in [5.74, 6) is -0.766. The van der Waals surface area contributed by atoms with Crippen LogP contribution >= 0.6 is 0 Å². The largest absolute Gasteiger partial charge is 0.489 e. The molecule has 0 saturated heterocycles. The van der Waals surface area contributed by atoms with Crippen molar-refractivity contribution in [2.24, 2.45) is 0 Å². The summed E-state index contributed by atoms with van der Waals surface area (Å²) in [7, 11) is -3.77. The smallest absolute Gasteiger partial charge is 0.203 e. The second kappa shape index (κ2) is 4.96. The van der Waals surface area contributed by atoms with E-state index in [1.165, 1.54) is 36.4 Å². The standard InChI is InChI=1S/C15H10F2O3S/c16-11-4-6-12(7-5-11)20-8-10-9-21(18,19)15-13(10)2-1-3-14(15)17/h1-7,9H,8H2. The first kappa shape index (κ1) is 13.8. The lowest BCUT2D eigenvalue weighted by molar-refractivity contribution is 0.369. The van der Waals surface area contributed by atoms with Gasteiger partial charge in [-0.05, 0) is 30.3 Å². The summed E-state index contributed by atoms with van der Waals surface area (Å²) in [5.41, 5.74) is 0.672. The molecule has 108 valence electrons. The molecule has 0 aliphatic carbocycles. The molecule has 0 N–H and O–H groups in total. The molecule has 2 aromatic carbocycles. The van der Waals surface area contributed by atoms with E-state index in [0.29, 0.717) is 16.9 Å². The molecule has 0 fully saturated rings. The molecule has 0 radical (unpaired) electrons. The van der Waals surface area contributed by atoms with E-state index >= 15 is 0 Å². The Balaban J connectivity index is 1.88. The lowest BCUT2D eigenvalue weighted by atomic mass is 10.1. The van der Waals surface area contributed by atoms with Gasteiger partial charge in [-0.3, -0.25) is 0 Å². The summed E-state index contributed by atoms with van der Waals surface area (Å²) in [6.07, 6.45) is 0. The quantitative estimate of drug-likeness (QED) is 0.874. The van der Waals surface area contributed by atoms with Crippen LogP contribution in [-0.2, 0) is 9.84 Å². The molecule has 3 nitrogen and oxygen atoms in total. The highest BCUT2D eigenvalue weighted by Gasteiger charge is 2.30. The van der Waals surface area contributed by atoms with Crippen LogP contribution in [0.5, 0.6) is 5.75 Å². The van der Waals surface area contributed by atoms with Gasteiger partial charge in [0.05, 0.1) is 0 Å². The van der Waals surface area contributed by atoms with Gasteiger partial charge in [-0.25, -0.2) is 17.2 Å². The van der Waals surface area contributed by atoms with Gasteiger partial charge in [0.2, 0.25) is 9.84 Å². The molecule has 0 atom stereocenters. The number of fused-ring (bicyclic) bond motifs is 1. The van der Waals surface area contributed by atoms with Crippen molar-refractivity contribution in [3.05, 3.63) is 65.1 Å². The van der Waals surface area contributed by atoms with Gasteiger partial charge >= 0.3 is 0 Å². The molecule has 1 heterocycles. The Bertz CT molecular complexity index is 824. The summed E-state index contributed by atoms with van der Waals surface area (Å²) in [6.45, 7) is -0.0404. The van der Waals surface area contributed by atoms with E-state index in [-0.39, 0.29) is 11.5 Å². The lowest BCUT2D eigenvalue weighted by Crippen LogP contribution is -2.00. The Kier molecular flexibility index (Phi) is 3.25. The van der Waals surface area contributed by atoms with Gasteiger partial charge in [0.1, 0.15) is 28.9 Å². The van der Waals surface area contributed by atoms with Crippen molar-refractivity contribution in [3.8, 4) is 5.75 Å². The van der Waals surface area contributed by atoms with Gasteiger partial charge in [-0.1, -0.05) is 12.1 Å². The summed E-state index contributed by atoms with van der Waals surface area (Å²) >= 11 is 0. The monoisotopic (exact) mass is 308 g/mol. The first-order valence-electron chi connectivity index (χ1n) is 6.10. The Labute approximate surface area is 120 Å². The fourth-order valence-electron chi connectivity index (χ4n) is 2.16. The maximum atomic E-state index is 13.7. The molecule has 0 aromatic heterocycles. The minimum atomic E-state index is -3.77. The molecule has 0 bridgehead atoms. The number of halogens is 2. The van der Waals surface area contributed by atoms with Crippen LogP contribution in [0.1, 0.15) is 5.56 Å². The fraction of sp³-hybridized carbons (Fsp3) is 0.0667. The zero-order chi connectivity index (χ0) is 15.0. The number of hydrogen-bond acceptors (Lipinski definition) is 3. The van der Waals surface area contributed by atoms with E-state index in [4.69, 9.17) is 4.74 Å². The van der Waals surface area contributed by atoms with Crippen LogP contribution in [0, 0.1) is 11.6 Å². The first-order valence-corrected chi connectivity index (χ1v) is 7.65. The zero-order valence-electron chi connectivity index (χ0n) is 10.7. The summed E-state index contributed by atoms with van der Waals surface area (Å²) < 4.78 is 55.7. The van der Waals surface area contributed by atoms with Gasteiger partial charge in [0.25, 0.3) is 0 Å². The van der Waals surface area contributed by atoms with E-state index in [2.05, 4.69) is 0 Å². The molecule has 0 amide bonds. The van der Waals surface area contributed by atoms with E-state index in [1.54, 1.807) is 0 Å². The van der Waals surface area contributed by atoms with Crippen LogP contribution in [0.15, 0.2) is 52.8 Å². The van der Waals surface area contributed by atoms with Gasteiger partial charge in [-0.15, -0.1) is 0 Å². The SMILES string of the molecule is O=S1(=O)C=C(COc2ccc(F)cc2)c2cccc(F)c21. The van der Waals surface area contributed by atoms with E-state index in [0.717, 1.165) is 11.5 Å². The number of ether oxygens (including phenoxy) is 1. The molecular weight excluding hydrogens is 298 g/mol. The minimum Gasteiger partial charge on any atom is -0.489 e. The van der Waals surface area contributed by atoms with Gasteiger partial charge < -0.3 is 4.74 Å². The molecule has 6 heteroatoms. The Hall–Kier alpha value is -2.21. The zero-order valence-corrected chi connectivity index (χ0v) is 11.5. The highest BCUT2D eigenvalue weighted by atomic mass is 32.2. The van der Waals surface area contributed by atoms with Crippen molar-refractivity contribution in [2.45, 2.75) is 4.90 Å². The molecule has 0 saturated carbocycles. The Morgan fingerprint density at radius 1 is 1.00 bits per heavy atom. The molecule has 1 aliphatic rings. The third-order valence-corrected chi connectivity index (χ3v) is 4.68. The normalized spacial score (nSPS) is 15.4. The van der Waals surface area contributed by atoms with Gasteiger partial charge in [0.15, 0.2) is 0 Å². The molecule has 0 unspecified atom stereocenters. The summed E-state index contributed by atoms with van der Waals surface area (Å²) in [6, 6.07) is 9.43. The van der Waals surface area contributed by atoms with E-state index in [9.17, 15) is 17.2 Å². The van der Waals surface area contributed by atoms with Crippen LogP contribution in [-0.4, -0.2) is 15.0 Å². The predicted molar refractivity (Wildman–Crippen MR) is 73.5 cm³/mol. The van der Waals surface area contributed by atoms with Crippen molar-refractivity contribution < 1.29 is 21.9 Å². The molecule has 1 aliphatic heterocycles. The predicted octanol–water partition coefficient (Wildman–Crippen LogP) is 3.17. The minimum absolute atomic E-state index is 0.0404. The van der Waals surface area contributed by atoms with Gasteiger partial charge in [-0.2, -0.15) is 0 Å². The van der Waals surface area contributed by atoms with Crippen molar-refractivity contribution in [1.82, 2.24) is 0 Å². The van der Waals surface area contributed by atoms with Crippen LogP contribution in [0.4, 0.5) is 8.78 Å². The first-order chi connectivity index (χ1) is 9.97. The summed E-state index contributed by atoms with van der Waals surface area (Å²) in [4.78, 5) is -0.317. The third kappa shape index (κ3) is 2.54. The Morgan fingerprint density at radius 2 is 1.71 bits per heavy atom. The van der Waals surface area contributed by atoms with E-state index < -0.39 is 21.5 Å². The van der Waals surface area contributed by atoms with Crippen molar-refractivity contribution in [2.75, 3.05) is 6.61 Å². The van der Waals surface area contributed by atoms with Crippen LogP contribution in [0.3, 0.4) is 0 Å². The number of benzene rings is 2. The highest BCUT2D eigenvalue weighted by Crippen LogP contribution is 2.35. The molecule has 21 heavy (non-hydrogen) atoms.